The molecule has 55 heavy (non-hydrogen) atoms. The van der Waals surface area contributed by atoms with Crippen LogP contribution in [0.1, 0.15) is 83.2 Å². The van der Waals surface area contributed by atoms with E-state index in [1.165, 1.54) is 48.3 Å². The zero-order chi connectivity index (χ0) is 40.2. The zero-order valence-corrected chi connectivity index (χ0v) is 33.1. The number of likely N-dealkylation sites (N-methyl/N-ethyl adjacent to an activating group) is 1. The van der Waals surface area contributed by atoms with E-state index in [1.54, 1.807) is 55.8 Å². The molecule has 0 saturated carbocycles. The van der Waals surface area contributed by atoms with Crippen LogP contribution in [0.2, 0.25) is 0 Å². The fourth-order valence-corrected chi connectivity index (χ4v) is 6.82. The van der Waals surface area contributed by atoms with Crippen LogP contribution in [-0.2, 0) is 33.7 Å². The van der Waals surface area contributed by atoms with E-state index in [-0.39, 0.29) is 37.3 Å². The third-order valence-corrected chi connectivity index (χ3v) is 10.00. The lowest BCUT2D eigenvalue weighted by Crippen LogP contribution is -2.60. The molecule has 1 N–H and O–H groups in total. The van der Waals surface area contributed by atoms with Gasteiger partial charge in [0.1, 0.15) is 52.7 Å². The molecule has 4 atom stereocenters. The number of fused-ring (bicyclic) bond motifs is 1. The summed E-state index contributed by atoms with van der Waals surface area (Å²) in [7, 11) is 1.46. The number of hydrogen-bond donors (Lipinski definition) is 1. The molecule has 0 aliphatic carbocycles. The number of carbonyl (C=O) groups excluding carboxylic acids is 4. The maximum Gasteiger partial charge on any atom is 0.410 e. The molecule has 298 valence electrons. The van der Waals surface area contributed by atoms with E-state index in [0.29, 0.717) is 24.3 Å². The number of amides is 4. The average Bonchev–Trinajstić information content (AvgIpc) is 3.84. The minimum atomic E-state index is -1.03. The molecule has 0 unspecified atom stereocenters. The summed E-state index contributed by atoms with van der Waals surface area (Å²) >= 11 is 0. The fraction of sp³-hybridized carbons (Fsp3) is 0.537. The summed E-state index contributed by atoms with van der Waals surface area (Å²) in [5.41, 5.74) is -0.391. The van der Waals surface area contributed by atoms with Crippen LogP contribution in [0.3, 0.4) is 0 Å². The summed E-state index contributed by atoms with van der Waals surface area (Å²) < 4.78 is 41.2. The van der Waals surface area contributed by atoms with Gasteiger partial charge in [-0.25, -0.2) is 18.6 Å². The molecule has 1 fully saturated rings. The summed E-state index contributed by atoms with van der Waals surface area (Å²) in [6.07, 6.45) is 3.09. The second-order valence-corrected chi connectivity index (χ2v) is 16.6. The standard InChI is InChI=1S/C41H54F2N6O6/c1-26(46(8)39(53)55-41(5,6)7)36(50)45-35(40(2,3)4)38(52)49-24-32(54-31-17-15-29(43)16-18-31)22-30(49)23-48(21-19-27-11-13-28(42)14-12-27)37(51)33-25-47-20-9-10-34(47)44-33/h11-18,25-26,30,32,35H,9-10,19-24H2,1-8H3,(H,45,50)/t26-,30-,32-,35+/m0/s1. The lowest BCUT2D eigenvalue weighted by Gasteiger charge is -2.38. The smallest absolute Gasteiger partial charge is 0.410 e. The number of aromatic nitrogens is 2. The predicted octanol–water partition coefficient (Wildman–Crippen LogP) is 5.63. The summed E-state index contributed by atoms with van der Waals surface area (Å²) in [5, 5.41) is 2.91. The van der Waals surface area contributed by atoms with Crippen molar-refractivity contribution in [3.63, 3.8) is 0 Å². The van der Waals surface area contributed by atoms with Crippen LogP contribution >= 0.6 is 0 Å². The molecule has 2 aliphatic heterocycles. The average molecular weight is 765 g/mol. The number of ether oxygens (including phenoxy) is 2. The quantitative estimate of drug-likeness (QED) is 0.254. The van der Waals surface area contributed by atoms with Crippen LogP contribution in [-0.4, -0.2) is 105 Å². The van der Waals surface area contributed by atoms with Crippen LogP contribution in [0.5, 0.6) is 5.75 Å². The van der Waals surface area contributed by atoms with Crippen molar-refractivity contribution < 1.29 is 37.4 Å². The van der Waals surface area contributed by atoms with Gasteiger partial charge in [-0.3, -0.25) is 19.3 Å². The normalized spacial score (nSPS) is 18.0. The molecule has 3 heterocycles. The van der Waals surface area contributed by atoms with Crippen LogP contribution in [0, 0.1) is 17.0 Å². The Hall–Kier alpha value is -5.01. The van der Waals surface area contributed by atoms with Gasteiger partial charge in [-0.2, -0.15) is 0 Å². The van der Waals surface area contributed by atoms with Crippen molar-refractivity contribution >= 4 is 23.8 Å². The van der Waals surface area contributed by atoms with Crippen molar-refractivity contribution in [3.05, 3.63) is 83.4 Å². The molecule has 5 rings (SSSR count). The van der Waals surface area contributed by atoms with Gasteiger partial charge in [0.05, 0.1) is 12.6 Å². The molecule has 4 amide bonds. The number of benzene rings is 2. The minimum absolute atomic E-state index is 0.125. The Morgan fingerprint density at radius 1 is 0.982 bits per heavy atom. The third kappa shape index (κ3) is 10.6. The van der Waals surface area contributed by atoms with Gasteiger partial charge in [-0.1, -0.05) is 32.9 Å². The molecular weight excluding hydrogens is 710 g/mol. The first kappa shape index (κ1) is 41.2. The summed E-state index contributed by atoms with van der Waals surface area (Å²) in [4.78, 5) is 64.7. The van der Waals surface area contributed by atoms with Gasteiger partial charge in [0.25, 0.3) is 5.91 Å². The Morgan fingerprint density at radius 2 is 1.62 bits per heavy atom. The van der Waals surface area contributed by atoms with Crippen LogP contribution < -0.4 is 10.1 Å². The molecular formula is C41H54F2N6O6. The highest BCUT2D eigenvalue weighted by atomic mass is 19.1. The van der Waals surface area contributed by atoms with E-state index in [0.717, 1.165) is 30.8 Å². The Bertz CT molecular complexity index is 1810. The number of imidazole rings is 1. The number of nitrogens with zero attached hydrogens (tertiary/aromatic N) is 5. The SMILES string of the molecule is C[C@@H](C(=O)N[C@H](C(=O)N1C[C@@H](Oc2ccc(F)cc2)C[C@H]1CN(CCc1ccc(F)cc1)C(=O)c1cn2c(n1)CCC2)C(C)(C)C)N(C)C(=O)OC(C)(C)C. The monoisotopic (exact) mass is 764 g/mol. The Morgan fingerprint density at radius 3 is 2.22 bits per heavy atom. The first-order valence-corrected chi connectivity index (χ1v) is 18.9. The Balaban J connectivity index is 1.42. The van der Waals surface area contributed by atoms with Crippen molar-refractivity contribution in [1.82, 2.24) is 29.6 Å². The molecule has 2 aliphatic rings. The van der Waals surface area contributed by atoms with E-state index in [2.05, 4.69) is 10.3 Å². The van der Waals surface area contributed by atoms with E-state index in [4.69, 9.17) is 9.47 Å². The molecule has 0 radical (unpaired) electrons. The minimum Gasteiger partial charge on any atom is -0.489 e. The number of carbonyl (C=O) groups is 4. The lowest BCUT2D eigenvalue weighted by atomic mass is 9.85. The second-order valence-electron chi connectivity index (χ2n) is 16.6. The van der Waals surface area contributed by atoms with Crippen LogP contribution in [0.25, 0.3) is 0 Å². The van der Waals surface area contributed by atoms with Gasteiger partial charge in [-0.15, -0.1) is 0 Å². The molecule has 0 spiro atoms. The maximum atomic E-state index is 14.8. The highest BCUT2D eigenvalue weighted by Crippen LogP contribution is 2.30. The Labute approximate surface area is 322 Å². The molecule has 0 bridgehead atoms. The summed E-state index contributed by atoms with van der Waals surface area (Å²) in [6.45, 7) is 13.6. The fourth-order valence-electron chi connectivity index (χ4n) is 6.82. The maximum absolute atomic E-state index is 14.8. The highest BCUT2D eigenvalue weighted by Gasteiger charge is 2.45. The van der Waals surface area contributed by atoms with Crippen LogP contribution in [0.4, 0.5) is 13.6 Å². The number of hydrogen-bond acceptors (Lipinski definition) is 7. The van der Waals surface area contributed by atoms with Crippen molar-refractivity contribution in [1.29, 1.82) is 0 Å². The van der Waals surface area contributed by atoms with Crippen molar-refractivity contribution in [2.45, 2.75) is 111 Å². The molecule has 1 aromatic heterocycles. The first-order valence-electron chi connectivity index (χ1n) is 18.9. The molecule has 1 saturated heterocycles. The van der Waals surface area contributed by atoms with Crippen molar-refractivity contribution in [3.8, 4) is 5.75 Å². The van der Waals surface area contributed by atoms with E-state index >= 15 is 0 Å². The highest BCUT2D eigenvalue weighted by molar-refractivity contribution is 5.93. The molecule has 2 aromatic carbocycles. The van der Waals surface area contributed by atoms with Gasteiger partial charge >= 0.3 is 6.09 Å². The van der Waals surface area contributed by atoms with Crippen LogP contribution in [0.15, 0.2) is 54.7 Å². The number of halogens is 2. The van der Waals surface area contributed by atoms with Gasteiger partial charge in [-0.05, 0) is 87.9 Å². The van der Waals surface area contributed by atoms with Crippen molar-refractivity contribution in [2.75, 3.05) is 26.7 Å². The Kier molecular flexibility index (Phi) is 12.6. The molecule has 14 heteroatoms. The summed E-state index contributed by atoms with van der Waals surface area (Å²) in [6, 6.07) is 9.21. The topological polar surface area (TPSA) is 126 Å². The van der Waals surface area contributed by atoms with Gasteiger partial charge in [0, 0.05) is 45.7 Å². The van der Waals surface area contributed by atoms with E-state index in [1.807, 2.05) is 25.3 Å². The number of aryl methyl sites for hydroxylation is 2. The number of likely N-dealkylation sites (tertiary alicyclic amines) is 1. The third-order valence-electron chi connectivity index (χ3n) is 10.00. The molecule has 3 aromatic rings. The van der Waals surface area contributed by atoms with E-state index in [9.17, 15) is 28.0 Å². The number of nitrogens with one attached hydrogen (secondary N) is 1. The number of rotatable bonds is 12. The lowest BCUT2D eigenvalue weighted by molar-refractivity contribution is -0.141. The second kappa shape index (κ2) is 16.8. The van der Waals surface area contributed by atoms with Gasteiger partial charge in [0.15, 0.2) is 0 Å². The van der Waals surface area contributed by atoms with E-state index < -0.39 is 53.1 Å². The molecule has 12 nitrogen and oxygen atoms in total. The summed E-state index contributed by atoms with van der Waals surface area (Å²) in [5.74, 6) is -0.708. The van der Waals surface area contributed by atoms with Gasteiger partial charge < -0.3 is 29.2 Å². The zero-order valence-electron chi connectivity index (χ0n) is 33.1. The largest absolute Gasteiger partial charge is 0.489 e. The predicted molar refractivity (Wildman–Crippen MR) is 202 cm³/mol. The van der Waals surface area contributed by atoms with Crippen molar-refractivity contribution in [2.24, 2.45) is 5.41 Å². The van der Waals surface area contributed by atoms with Gasteiger partial charge in [0.2, 0.25) is 11.8 Å². The first-order chi connectivity index (χ1) is 25.8.